The van der Waals surface area contributed by atoms with Gasteiger partial charge in [0.25, 0.3) is 0 Å². The number of anilines is 3. The van der Waals surface area contributed by atoms with Gasteiger partial charge in [-0.3, -0.25) is 0 Å². The van der Waals surface area contributed by atoms with Gasteiger partial charge >= 0.3 is 0 Å². The van der Waals surface area contributed by atoms with Gasteiger partial charge in [-0.05, 0) is 109 Å². The van der Waals surface area contributed by atoms with Crippen molar-refractivity contribution in [2.24, 2.45) is 0 Å². The van der Waals surface area contributed by atoms with Crippen LogP contribution in [0.3, 0.4) is 0 Å². The third-order valence-corrected chi connectivity index (χ3v) is 18.4. The molecule has 0 atom stereocenters. The maximum absolute atomic E-state index is 2.68. The standard InChI is InChI=1S/C60H43NSSi/c1-6-17-44(18-7-1)46-29-34-50(35-30-46)61(52-38-40-60-58(43-52)57-42-49(33-39-59(57)62-60)45-19-8-2-9-20-45)51-36-31-47(32-37-51)48-21-16-28-56(41-48)63(53-22-10-3-11-23-53,54-24-12-4-13-25-54)55-26-14-5-15-27-55/h1-43H. The van der Waals surface area contributed by atoms with Crippen LogP contribution in [0.2, 0.25) is 0 Å². The van der Waals surface area contributed by atoms with Gasteiger partial charge in [-0.15, -0.1) is 11.3 Å². The van der Waals surface area contributed by atoms with Crippen LogP contribution in [0, 0.1) is 0 Å². The Hall–Kier alpha value is -7.56. The first-order valence-corrected chi connectivity index (χ1v) is 24.4. The van der Waals surface area contributed by atoms with Gasteiger partial charge < -0.3 is 4.90 Å². The number of hydrogen-bond donors (Lipinski definition) is 0. The zero-order valence-electron chi connectivity index (χ0n) is 34.7. The van der Waals surface area contributed by atoms with E-state index in [1.807, 2.05) is 11.3 Å². The highest BCUT2D eigenvalue weighted by Crippen LogP contribution is 2.42. The van der Waals surface area contributed by atoms with Crippen molar-refractivity contribution in [2.75, 3.05) is 4.90 Å². The average Bonchev–Trinajstić information content (AvgIpc) is 3.74. The molecule has 1 heterocycles. The zero-order chi connectivity index (χ0) is 42.0. The van der Waals surface area contributed by atoms with Crippen LogP contribution in [0.1, 0.15) is 0 Å². The Morgan fingerprint density at radius 2 is 0.603 bits per heavy atom. The largest absolute Gasteiger partial charge is 0.310 e. The third-order valence-electron chi connectivity index (χ3n) is 12.4. The molecule has 1 nitrogen and oxygen atoms in total. The molecule has 11 rings (SSSR count). The van der Waals surface area contributed by atoms with Crippen molar-refractivity contribution in [3.63, 3.8) is 0 Å². The van der Waals surface area contributed by atoms with Gasteiger partial charge in [-0.25, -0.2) is 0 Å². The zero-order valence-corrected chi connectivity index (χ0v) is 36.5. The second kappa shape index (κ2) is 16.7. The van der Waals surface area contributed by atoms with E-state index in [-0.39, 0.29) is 0 Å². The lowest BCUT2D eigenvalue weighted by atomic mass is 10.0. The highest BCUT2D eigenvalue weighted by atomic mass is 32.1. The van der Waals surface area contributed by atoms with E-state index in [9.17, 15) is 0 Å². The highest BCUT2D eigenvalue weighted by molar-refractivity contribution is 7.25. The number of nitrogens with zero attached hydrogens (tertiary/aromatic N) is 1. The second-order valence-corrected chi connectivity index (χ2v) is 21.0. The lowest BCUT2D eigenvalue weighted by molar-refractivity contribution is 1.29. The monoisotopic (exact) mass is 837 g/mol. The van der Waals surface area contributed by atoms with Gasteiger partial charge in [0.2, 0.25) is 0 Å². The van der Waals surface area contributed by atoms with Gasteiger partial charge in [-0.1, -0.05) is 206 Å². The number of hydrogen-bond acceptors (Lipinski definition) is 2. The Bertz CT molecular complexity index is 3200. The minimum atomic E-state index is -2.68. The van der Waals surface area contributed by atoms with E-state index in [2.05, 4.69) is 266 Å². The molecule has 0 fully saturated rings. The van der Waals surface area contributed by atoms with Crippen LogP contribution < -0.4 is 25.6 Å². The number of benzene rings is 10. The summed E-state index contributed by atoms with van der Waals surface area (Å²) in [6.07, 6.45) is 0. The molecule has 0 aliphatic rings. The molecule has 0 amide bonds. The Balaban J connectivity index is 1.02. The van der Waals surface area contributed by atoms with Gasteiger partial charge in [0.15, 0.2) is 8.07 Å². The molecule has 10 aromatic carbocycles. The third kappa shape index (κ3) is 7.17. The molecule has 3 heteroatoms. The molecule has 0 N–H and O–H groups in total. The van der Waals surface area contributed by atoms with Crippen LogP contribution in [0.25, 0.3) is 53.6 Å². The molecule has 0 aliphatic heterocycles. The highest BCUT2D eigenvalue weighted by Gasteiger charge is 2.41. The summed E-state index contributed by atoms with van der Waals surface area (Å²) in [5, 5.41) is 8.03. The molecule has 0 spiro atoms. The minimum Gasteiger partial charge on any atom is -0.310 e. The van der Waals surface area contributed by atoms with Gasteiger partial charge in [0.05, 0.1) is 0 Å². The predicted molar refractivity (Wildman–Crippen MR) is 274 cm³/mol. The first-order valence-electron chi connectivity index (χ1n) is 21.6. The topological polar surface area (TPSA) is 3.24 Å². The van der Waals surface area contributed by atoms with Crippen LogP contribution in [0.15, 0.2) is 261 Å². The molecular weight excluding hydrogens is 795 g/mol. The fourth-order valence-electron chi connectivity index (χ4n) is 9.39. The molecule has 0 aliphatic carbocycles. The summed E-state index contributed by atoms with van der Waals surface area (Å²) in [5.74, 6) is 0. The molecule has 0 saturated heterocycles. The van der Waals surface area contributed by atoms with Crippen molar-refractivity contribution in [3.05, 3.63) is 261 Å². The maximum Gasteiger partial charge on any atom is 0.179 e. The lowest BCUT2D eigenvalue weighted by Crippen LogP contribution is -2.74. The van der Waals surface area contributed by atoms with E-state index in [0.717, 1.165) is 17.1 Å². The Labute approximate surface area is 374 Å². The number of fused-ring (bicyclic) bond motifs is 3. The first kappa shape index (κ1) is 38.4. The maximum atomic E-state index is 2.45. The average molecular weight is 838 g/mol. The summed E-state index contributed by atoms with van der Waals surface area (Å²) in [4.78, 5) is 2.40. The van der Waals surface area contributed by atoms with Crippen LogP contribution in [-0.2, 0) is 0 Å². The molecule has 0 saturated carbocycles. The van der Waals surface area contributed by atoms with E-state index in [1.54, 1.807) is 0 Å². The van der Waals surface area contributed by atoms with Crippen LogP contribution in [0.5, 0.6) is 0 Å². The van der Waals surface area contributed by atoms with Crippen LogP contribution in [0.4, 0.5) is 17.1 Å². The Kier molecular flexibility index (Phi) is 10.2. The van der Waals surface area contributed by atoms with E-state index >= 15 is 0 Å². The van der Waals surface area contributed by atoms with E-state index in [0.29, 0.717) is 0 Å². The molecule has 63 heavy (non-hydrogen) atoms. The summed E-state index contributed by atoms with van der Waals surface area (Å²) in [7, 11) is -2.68. The van der Waals surface area contributed by atoms with Gasteiger partial charge in [0, 0.05) is 37.2 Å². The SMILES string of the molecule is c1ccc(-c2ccc(N(c3ccc(-c4cccc([Si](c5ccccc5)(c5ccccc5)c5ccccc5)c4)cc3)c3ccc4sc5ccc(-c6ccccc6)cc5c4c3)cc2)cc1. The number of rotatable bonds is 10. The number of thiophene rings is 1. The van der Waals surface area contributed by atoms with E-state index in [1.165, 1.54) is 74.3 Å². The summed E-state index contributed by atoms with van der Waals surface area (Å²) in [6, 6.07) is 96.1. The van der Waals surface area contributed by atoms with Crippen LogP contribution >= 0.6 is 11.3 Å². The van der Waals surface area contributed by atoms with Crippen molar-refractivity contribution < 1.29 is 0 Å². The minimum absolute atomic E-state index is 1.10. The molecule has 11 aromatic rings. The molecule has 0 unspecified atom stereocenters. The quantitative estimate of drug-likeness (QED) is 0.0980. The molecule has 1 aromatic heterocycles. The van der Waals surface area contributed by atoms with Crippen molar-refractivity contribution in [3.8, 4) is 33.4 Å². The summed E-state index contributed by atoms with van der Waals surface area (Å²) >= 11 is 1.86. The summed E-state index contributed by atoms with van der Waals surface area (Å²) in [5.41, 5.74) is 10.6. The van der Waals surface area contributed by atoms with Crippen LogP contribution in [-0.4, -0.2) is 8.07 Å². The lowest BCUT2D eigenvalue weighted by Gasteiger charge is -2.34. The Morgan fingerprint density at radius 3 is 1.13 bits per heavy atom. The fourth-order valence-corrected chi connectivity index (χ4v) is 15.3. The van der Waals surface area contributed by atoms with Gasteiger partial charge in [-0.2, -0.15) is 0 Å². The normalized spacial score (nSPS) is 11.5. The van der Waals surface area contributed by atoms with E-state index in [4.69, 9.17) is 0 Å². The van der Waals surface area contributed by atoms with Gasteiger partial charge in [0.1, 0.15) is 0 Å². The second-order valence-electron chi connectivity index (χ2n) is 16.1. The smallest absolute Gasteiger partial charge is 0.179 e. The predicted octanol–water partition coefficient (Wildman–Crippen LogP) is 13.9. The van der Waals surface area contributed by atoms with E-state index < -0.39 is 8.07 Å². The molecule has 0 radical (unpaired) electrons. The first-order chi connectivity index (χ1) is 31.2. The summed E-state index contributed by atoms with van der Waals surface area (Å²) < 4.78 is 2.58. The molecular formula is C60H43NSSi. The van der Waals surface area contributed by atoms with Crippen molar-refractivity contribution >= 4 is 77.4 Å². The van der Waals surface area contributed by atoms with Crippen molar-refractivity contribution in [1.82, 2.24) is 0 Å². The Morgan fingerprint density at radius 1 is 0.254 bits per heavy atom. The fraction of sp³-hybridized carbons (Fsp3) is 0. The van der Waals surface area contributed by atoms with Crippen molar-refractivity contribution in [1.29, 1.82) is 0 Å². The molecule has 0 bridgehead atoms. The van der Waals surface area contributed by atoms with Crippen molar-refractivity contribution in [2.45, 2.75) is 0 Å². The summed E-state index contributed by atoms with van der Waals surface area (Å²) in [6.45, 7) is 0. The molecule has 298 valence electrons.